The molecule has 9 aromatic rings. The van der Waals surface area contributed by atoms with E-state index in [4.69, 9.17) is 4.42 Å². The molecule has 2 nitrogen and oxygen atoms in total. The molecule has 0 atom stereocenters. The summed E-state index contributed by atoms with van der Waals surface area (Å²) in [7, 11) is -2.69. The molecule has 9 rings (SSSR count). The number of hydrogen-bond donors (Lipinski definition) is 0. The molecule has 2 aromatic heterocycles. The third-order valence-corrected chi connectivity index (χ3v) is 14.1. The normalized spacial score (nSPS) is 12.0. The Morgan fingerprint density at radius 3 is 1.56 bits per heavy atom. The molecule has 0 aliphatic heterocycles. The van der Waals surface area contributed by atoms with E-state index >= 15 is 0 Å². The van der Waals surface area contributed by atoms with Gasteiger partial charge in [0.15, 0.2) is 5.58 Å². The molecule has 0 radical (unpaired) electrons. The highest BCUT2D eigenvalue weighted by atomic mass is 28.3. The van der Waals surface area contributed by atoms with Crippen molar-refractivity contribution in [3.05, 3.63) is 176 Å². The number of benzene rings is 7. The van der Waals surface area contributed by atoms with Crippen LogP contribution < -0.4 is 20.7 Å². The first kappa shape index (κ1) is 25.8. The van der Waals surface area contributed by atoms with Crippen molar-refractivity contribution < 1.29 is 4.42 Å². The minimum absolute atomic E-state index is 0.911. The molecule has 3 heteroatoms. The lowest BCUT2D eigenvalue weighted by Gasteiger charge is -2.47. The third-order valence-electron chi connectivity index (χ3n) is 9.34. The van der Waals surface area contributed by atoms with Crippen molar-refractivity contribution in [1.29, 1.82) is 0 Å². The van der Waals surface area contributed by atoms with Gasteiger partial charge in [-0.15, -0.1) is 0 Å². The summed E-state index contributed by atoms with van der Waals surface area (Å²) < 4.78 is 9.04. The van der Waals surface area contributed by atoms with Crippen LogP contribution in [0.4, 0.5) is 0 Å². The molecule has 2 heterocycles. The SMILES string of the molecule is c1ccc(-n2c3ccc([Si-](c4ccccc4)(c4ccccc4)c4ccccc4)cc3c3ccc4c5ccccc5oc4c32)cc1. The Labute approximate surface area is 262 Å². The maximum absolute atomic E-state index is 6.65. The maximum Gasteiger partial charge on any atom is 0.160 e. The quantitative estimate of drug-likeness (QED) is 0.146. The van der Waals surface area contributed by atoms with Gasteiger partial charge in [-0.1, -0.05) is 146 Å². The van der Waals surface area contributed by atoms with Gasteiger partial charge in [-0.2, -0.15) is 20.7 Å². The molecule has 0 saturated carbocycles. The van der Waals surface area contributed by atoms with Gasteiger partial charge in [0, 0.05) is 27.2 Å². The Bertz CT molecular complexity index is 2370. The van der Waals surface area contributed by atoms with Gasteiger partial charge < -0.3 is 8.98 Å². The van der Waals surface area contributed by atoms with E-state index in [1.165, 1.54) is 37.0 Å². The van der Waals surface area contributed by atoms with Crippen molar-refractivity contribution in [2.45, 2.75) is 0 Å². The number of nitrogens with zero attached hydrogens (tertiary/aromatic N) is 1. The van der Waals surface area contributed by atoms with Gasteiger partial charge in [0.1, 0.15) is 5.58 Å². The first-order valence-electron chi connectivity index (χ1n) is 15.4. The molecular formula is C42H29NOSi-. The summed E-state index contributed by atoms with van der Waals surface area (Å²) in [5.41, 5.74) is 5.23. The average molecular weight is 592 g/mol. The highest BCUT2D eigenvalue weighted by Crippen LogP contribution is 2.40. The van der Waals surface area contributed by atoms with Crippen LogP contribution in [-0.2, 0) is 0 Å². The van der Waals surface area contributed by atoms with E-state index in [1.54, 1.807) is 0 Å². The second-order valence-corrected chi connectivity index (χ2v) is 15.5. The Morgan fingerprint density at radius 2 is 0.933 bits per heavy atom. The largest absolute Gasteiger partial charge is 0.454 e. The first-order valence-corrected chi connectivity index (χ1v) is 17.4. The van der Waals surface area contributed by atoms with Crippen LogP contribution in [-0.4, -0.2) is 12.6 Å². The van der Waals surface area contributed by atoms with Gasteiger partial charge in [0.2, 0.25) is 0 Å². The molecule has 0 saturated heterocycles. The maximum atomic E-state index is 6.65. The molecule has 0 aliphatic rings. The van der Waals surface area contributed by atoms with E-state index in [9.17, 15) is 0 Å². The molecule has 0 unspecified atom stereocenters. The number of hydrogen-bond acceptors (Lipinski definition) is 1. The molecule has 45 heavy (non-hydrogen) atoms. The van der Waals surface area contributed by atoms with Crippen molar-refractivity contribution in [2.24, 2.45) is 0 Å². The lowest BCUT2D eigenvalue weighted by atomic mass is 10.1. The number of furan rings is 1. The summed E-state index contributed by atoms with van der Waals surface area (Å²) in [5.74, 6) is 0. The topological polar surface area (TPSA) is 18.1 Å². The third kappa shape index (κ3) is 3.81. The molecule has 213 valence electrons. The molecule has 0 fully saturated rings. The van der Waals surface area contributed by atoms with Crippen LogP contribution in [0.15, 0.2) is 180 Å². The highest BCUT2D eigenvalue weighted by Gasteiger charge is 2.29. The zero-order valence-electron chi connectivity index (χ0n) is 24.6. The van der Waals surface area contributed by atoms with E-state index in [-0.39, 0.29) is 0 Å². The minimum Gasteiger partial charge on any atom is -0.454 e. The lowest BCUT2D eigenvalue weighted by molar-refractivity contribution is 0.671. The van der Waals surface area contributed by atoms with Crippen LogP contribution in [0.5, 0.6) is 0 Å². The van der Waals surface area contributed by atoms with Crippen molar-refractivity contribution in [2.75, 3.05) is 0 Å². The van der Waals surface area contributed by atoms with Gasteiger partial charge in [-0.05, 0) is 38.4 Å². The number of fused-ring (bicyclic) bond motifs is 7. The molecule has 0 N–H and O–H groups in total. The zero-order valence-corrected chi connectivity index (χ0v) is 25.6. The Balaban J connectivity index is 1.44. The van der Waals surface area contributed by atoms with Gasteiger partial charge in [-0.25, -0.2) is 0 Å². The van der Waals surface area contributed by atoms with Gasteiger partial charge in [-0.3, -0.25) is 0 Å². The number of para-hydroxylation sites is 2. The molecule has 0 bridgehead atoms. The minimum atomic E-state index is -2.69. The number of aromatic nitrogens is 1. The van der Waals surface area contributed by atoms with Crippen LogP contribution in [0, 0.1) is 0 Å². The standard InChI is InChI=1S/C42H29NOSi/c1-5-15-30(16-6-1)43-39-28-25-34(29-38(39)36-26-27-37-35-23-13-14-24-40(35)44-42(37)41(36)43)45(31-17-7-2-8-18-31,32-19-9-3-10-20-32)33-21-11-4-12-22-33/h1-29H/q-1. The Morgan fingerprint density at radius 1 is 0.400 bits per heavy atom. The van der Waals surface area contributed by atoms with Crippen molar-refractivity contribution in [3.63, 3.8) is 0 Å². The van der Waals surface area contributed by atoms with E-state index in [1.807, 2.05) is 6.07 Å². The predicted molar refractivity (Wildman–Crippen MR) is 192 cm³/mol. The molecule has 0 aliphatic carbocycles. The van der Waals surface area contributed by atoms with E-state index in [0.29, 0.717) is 0 Å². The van der Waals surface area contributed by atoms with Crippen LogP contribution in [0.3, 0.4) is 0 Å². The molecule has 0 amide bonds. The smallest absolute Gasteiger partial charge is 0.160 e. The van der Waals surface area contributed by atoms with E-state index in [2.05, 4.69) is 174 Å². The van der Waals surface area contributed by atoms with Crippen LogP contribution in [0.2, 0.25) is 0 Å². The van der Waals surface area contributed by atoms with Crippen molar-refractivity contribution in [1.82, 2.24) is 4.57 Å². The Kier molecular flexibility index (Phi) is 5.87. The van der Waals surface area contributed by atoms with E-state index in [0.717, 1.165) is 33.1 Å². The fourth-order valence-corrected chi connectivity index (χ4v) is 12.2. The van der Waals surface area contributed by atoms with Gasteiger partial charge in [0.25, 0.3) is 0 Å². The summed E-state index contributed by atoms with van der Waals surface area (Å²) in [4.78, 5) is 0. The average Bonchev–Trinajstić information content (AvgIpc) is 3.66. The lowest BCUT2D eigenvalue weighted by Crippen LogP contribution is -2.74. The van der Waals surface area contributed by atoms with Gasteiger partial charge in [0.05, 0.1) is 11.0 Å². The Hall–Kier alpha value is -5.64. The molecule has 0 spiro atoms. The molecule has 7 aromatic carbocycles. The summed E-state index contributed by atoms with van der Waals surface area (Å²) in [6, 6.07) is 64.1. The van der Waals surface area contributed by atoms with Crippen LogP contribution in [0.25, 0.3) is 49.4 Å². The zero-order chi connectivity index (χ0) is 29.8. The van der Waals surface area contributed by atoms with Crippen LogP contribution >= 0.6 is 0 Å². The highest BCUT2D eigenvalue weighted by molar-refractivity contribution is 7.20. The van der Waals surface area contributed by atoms with Crippen LogP contribution in [0.1, 0.15) is 0 Å². The molecular weight excluding hydrogens is 563 g/mol. The summed E-state index contributed by atoms with van der Waals surface area (Å²) >= 11 is 0. The van der Waals surface area contributed by atoms with Crippen molar-refractivity contribution in [3.8, 4) is 5.69 Å². The fourth-order valence-electron chi connectivity index (χ4n) is 7.42. The fraction of sp³-hybridized carbons (Fsp3) is 0. The van der Waals surface area contributed by atoms with Crippen molar-refractivity contribution >= 4 is 72.6 Å². The first-order chi connectivity index (χ1) is 22.3. The second-order valence-electron chi connectivity index (χ2n) is 11.7. The predicted octanol–water partition coefficient (Wildman–Crippen LogP) is 8.06. The van der Waals surface area contributed by atoms with E-state index < -0.39 is 8.07 Å². The van der Waals surface area contributed by atoms with Gasteiger partial charge >= 0.3 is 0 Å². The summed E-state index contributed by atoms with van der Waals surface area (Å²) in [6.45, 7) is 0. The monoisotopic (exact) mass is 591 g/mol. The summed E-state index contributed by atoms with van der Waals surface area (Å²) in [6.07, 6.45) is 0. The summed E-state index contributed by atoms with van der Waals surface area (Å²) in [5, 5.41) is 10.2. The second kappa shape index (κ2) is 10.2. The number of rotatable bonds is 5.